The second-order valence-corrected chi connectivity index (χ2v) is 7.10. The minimum atomic E-state index is 0.546. The van der Waals surface area contributed by atoms with Crippen LogP contribution < -0.4 is 5.32 Å². The van der Waals surface area contributed by atoms with Crippen LogP contribution >= 0.6 is 0 Å². The van der Waals surface area contributed by atoms with Gasteiger partial charge in [-0.15, -0.1) is 0 Å². The largest absolute Gasteiger partial charge is 0.316 e. The van der Waals surface area contributed by atoms with Crippen molar-refractivity contribution in [3.63, 3.8) is 0 Å². The lowest BCUT2D eigenvalue weighted by atomic mass is 9.72. The van der Waals surface area contributed by atoms with Gasteiger partial charge in [0, 0.05) is 12.6 Å². The van der Waals surface area contributed by atoms with Gasteiger partial charge in [-0.25, -0.2) is 0 Å². The van der Waals surface area contributed by atoms with Crippen LogP contribution in [-0.4, -0.2) is 37.1 Å². The van der Waals surface area contributed by atoms with E-state index in [-0.39, 0.29) is 0 Å². The Morgan fingerprint density at radius 1 is 1.22 bits per heavy atom. The maximum Gasteiger partial charge on any atom is 0.0146 e. The summed E-state index contributed by atoms with van der Waals surface area (Å²) in [6, 6.07) is 0.849. The Morgan fingerprint density at radius 3 is 2.78 bits per heavy atom. The highest BCUT2D eigenvalue weighted by Crippen LogP contribution is 2.40. The highest BCUT2D eigenvalue weighted by molar-refractivity contribution is 4.93. The lowest BCUT2D eigenvalue weighted by molar-refractivity contribution is 0.0638. The summed E-state index contributed by atoms with van der Waals surface area (Å²) in [6.07, 6.45) is 8.41. The second-order valence-electron chi connectivity index (χ2n) is 7.10. The molecule has 1 heterocycles. The Labute approximate surface area is 114 Å². The zero-order valence-electron chi connectivity index (χ0n) is 12.7. The Hall–Kier alpha value is -0.0800. The molecule has 0 amide bonds. The van der Waals surface area contributed by atoms with Gasteiger partial charge in [0.25, 0.3) is 0 Å². The summed E-state index contributed by atoms with van der Waals surface area (Å²) in [6.45, 7) is 12.3. The first kappa shape index (κ1) is 14.3. The molecule has 0 spiro atoms. The van der Waals surface area contributed by atoms with Crippen molar-refractivity contribution in [1.82, 2.24) is 10.2 Å². The Balaban J connectivity index is 1.80. The molecule has 2 fully saturated rings. The van der Waals surface area contributed by atoms with Crippen LogP contribution in [0.5, 0.6) is 0 Å². The summed E-state index contributed by atoms with van der Waals surface area (Å²) in [5.41, 5.74) is 0.546. The monoisotopic (exact) mass is 252 g/mol. The number of hydrogen-bond donors (Lipinski definition) is 1. The third-order valence-electron chi connectivity index (χ3n) is 5.07. The van der Waals surface area contributed by atoms with Crippen LogP contribution in [0.1, 0.15) is 59.3 Å². The molecule has 2 nitrogen and oxygen atoms in total. The fourth-order valence-electron chi connectivity index (χ4n) is 3.95. The summed E-state index contributed by atoms with van der Waals surface area (Å²) in [4.78, 5) is 2.80. The average Bonchev–Trinajstić information content (AvgIpc) is 2.77. The van der Waals surface area contributed by atoms with Gasteiger partial charge in [-0.05, 0) is 56.7 Å². The Bertz CT molecular complexity index is 249. The fourth-order valence-corrected chi connectivity index (χ4v) is 3.95. The van der Waals surface area contributed by atoms with E-state index < -0.39 is 0 Å². The maximum absolute atomic E-state index is 3.59. The van der Waals surface area contributed by atoms with Crippen LogP contribution in [-0.2, 0) is 0 Å². The van der Waals surface area contributed by atoms with Crippen molar-refractivity contribution >= 4 is 0 Å². The normalized spacial score (nSPS) is 32.8. The first-order valence-corrected chi connectivity index (χ1v) is 8.08. The van der Waals surface area contributed by atoms with Crippen LogP contribution in [0, 0.1) is 11.3 Å². The highest BCUT2D eigenvalue weighted by Gasteiger charge is 2.38. The van der Waals surface area contributed by atoms with Gasteiger partial charge in [0.2, 0.25) is 0 Å². The summed E-state index contributed by atoms with van der Waals surface area (Å²) in [5.74, 6) is 0.897. The van der Waals surface area contributed by atoms with Gasteiger partial charge in [0.15, 0.2) is 0 Å². The number of hydrogen-bond acceptors (Lipinski definition) is 2. The topological polar surface area (TPSA) is 15.3 Å². The maximum atomic E-state index is 3.59. The summed E-state index contributed by atoms with van der Waals surface area (Å²) in [7, 11) is 0. The molecule has 1 aliphatic heterocycles. The van der Waals surface area contributed by atoms with E-state index in [0.29, 0.717) is 5.41 Å². The molecule has 0 bridgehead atoms. The van der Waals surface area contributed by atoms with Crippen LogP contribution in [0.3, 0.4) is 0 Å². The predicted octanol–water partition coefficient (Wildman–Crippen LogP) is 3.28. The number of nitrogens with one attached hydrogen (secondary N) is 1. The van der Waals surface area contributed by atoms with Gasteiger partial charge >= 0.3 is 0 Å². The number of rotatable bonds is 5. The van der Waals surface area contributed by atoms with Crippen LogP contribution in [0.2, 0.25) is 0 Å². The van der Waals surface area contributed by atoms with E-state index in [0.717, 1.165) is 12.0 Å². The van der Waals surface area contributed by atoms with Gasteiger partial charge in [-0.2, -0.15) is 0 Å². The second kappa shape index (κ2) is 6.38. The lowest BCUT2D eigenvalue weighted by Crippen LogP contribution is -2.46. The Morgan fingerprint density at radius 2 is 2.06 bits per heavy atom. The molecule has 18 heavy (non-hydrogen) atoms. The minimum absolute atomic E-state index is 0.546. The van der Waals surface area contributed by atoms with Crippen molar-refractivity contribution in [1.29, 1.82) is 0 Å². The third-order valence-corrected chi connectivity index (χ3v) is 5.07. The molecule has 1 saturated carbocycles. The highest BCUT2D eigenvalue weighted by atomic mass is 15.2. The molecular weight excluding hydrogens is 220 g/mol. The van der Waals surface area contributed by atoms with E-state index in [4.69, 9.17) is 0 Å². The van der Waals surface area contributed by atoms with Gasteiger partial charge < -0.3 is 5.32 Å². The van der Waals surface area contributed by atoms with Gasteiger partial charge in [-0.1, -0.05) is 33.6 Å². The van der Waals surface area contributed by atoms with Crippen molar-refractivity contribution in [2.75, 3.05) is 26.2 Å². The SMILES string of the molecule is CCCNCC1CCN(C2CCCCC2(C)C)C1. The third kappa shape index (κ3) is 3.48. The van der Waals surface area contributed by atoms with E-state index in [1.165, 1.54) is 64.7 Å². The molecule has 2 aliphatic rings. The summed E-state index contributed by atoms with van der Waals surface area (Å²) < 4.78 is 0. The molecule has 2 atom stereocenters. The molecule has 0 aromatic carbocycles. The zero-order chi connectivity index (χ0) is 13.0. The van der Waals surface area contributed by atoms with E-state index in [2.05, 4.69) is 31.0 Å². The smallest absolute Gasteiger partial charge is 0.0146 e. The lowest BCUT2D eigenvalue weighted by Gasteiger charge is -2.44. The standard InChI is InChI=1S/C16H32N2/c1-4-10-17-12-14-8-11-18(13-14)15-7-5-6-9-16(15,2)3/h14-15,17H,4-13H2,1-3H3. The fraction of sp³-hybridized carbons (Fsp3) is 1.00. The molecule has 106 valence electrons. The molecule has 2 heteroatoms. The van der Waals surface area contributed by atoms with Gasteiger partial charge in [0.1, 0.15) is 0 Å². The zero-order valence-corrected chi connectivity index (χ0v) is 12.7. The van der Waals surface area contributed by atoms with Crippen LogP contribution in [0.25, 0.3) is 0 Å². The molecule has 1 aliphatic carbocycles. The molecule has 1 saturated heterocycles. The van der Waals surface area contributed by atoms with Crippen LogP contribution in [0.4, 0.5) is 0 Å². The van der Waals surface area contributed by atoms with Crippen molar-refractivity contribution < 1.29 is 0 Å². The molecule has 2 unspecified atom stereocenters. The van der Waals surface area contributed by atoms with Crippen molar-refractivity contribution in [3.05, 3.63) is 0 Å². The predicted molar refractivity (Wildman–Crippen MR) is 78.9 cm³/mol. The molecule has 0 aromatic heterocycles. The molecule has 0 radical (unpaired) electrons. The molecule has 0 aromatic rings. The minimum Gasteiger partial charge on any atom is -0.316 e. The van der Waals surface area contributed by atoms with E-state index in [9.17, 15) is 0 Å². The van der Waals surface area contributed by atoms with Gasteiger partial charge in [-0.3, -0.25) is 4.90 Å². The first-order chi connectivity index (χ1) is 8.63. The molecule has 1 N–H and O–H groups in total. The number of likely N-dealkylation sites (tertiary alicyclic amines) is 1. The summed E-state index contributed by atoms with van der Waals surface area (Å²) >= 11 is 0. The van der Waals surface area contributed by atoms with Crippen molar-refractivity contribution in [2.24, 2.45) is 11.3 Å². The molecular formula is C16H32N2. The van der Waals surface area contributed by atoms with E-state index in [1.54, 1.807) is 0 Å². The van der Waals surface area contributed by atoms with Crippen LogP contribution in [0.15, 0.2) is 0 Å². The number of nitrogens with zero attached hydrogens (tertiary/aromatic N) is 1. The average molecular weight is 252 g/mol. The molecule has 2 rings (SSSR count). The first-order valence-electron chi connectivity index (χ1n) is 8.08. The van der Waals surface area contributed by atoms with Crippen molar-refractivity contribution in [2.45, 2.75) is 65.3 Å². The summed E-state index contributed by atoms with van der Waals surface area (Å²) in [5, 5.41) is 3.59. The van der Waals surface area contributed by atoms with E-state index in [1.807, 2.05) is 0 Å². The quantitative estimate of drug-likeness (QED) is 0.755. The van der Waals surface area contributed by atoms with Gasteiger partial charge in [0.05, 0.1) is 0 Å². The Kier molecular flexibility index (Phi) is 5.08. The van der Waals surface area contributed by atoms with E-state index >= 15 is 0 Å². The van der Waals surface area contributed by atoms with Crippen molar-refractivity contribution in [3.8, 4) is 0 Å².